The zero-order valence-electron chi connectivity index (χ0n) is 13.6. The quantitative estimate of drug-likeness (QED) is 0.866. The summed E-state index contributed by atoms with van der Waals surface area (Å²) in [6.07, 6.45) is 6.91. The first-order valence-corrected chi connectivity index (χ1v) is 8.10. The van der Waals surface area contributed by atoms with Crippen molar-refractivity contribution in [2.75, 3.05) is 13.1 Å². The van der Waals surface area contributed by atoms with Gasteiger partial charge in [-0.15, -0.1) is 0 Å². The highest BCUT2D eigenvalue weighted by atomic mass is 16.5. The summed E-state index contributed by atoms with van der Waals surface area (Å²) in [7, 11) is 0. The van der Waals surface area contributed by atoms with Crippen molar-refractivity contribution in [2.24, 2.45) is 0 Å². The molecule has 1 aromatic heterocycles. The van der Waals surface area contributed by atoms with Crippen LogP contribution in [0.4, 0.5) is 0 Å². The summed E-state index contributed by atoms with van der Waals surface area (Å²) in [6, 6.07) is 9.20. The fourth-order valence-corrected chi connectivity index (χ4v) is 3.03. The van der Waals surface area contributed by atoms with Gasteiger partial charge in [-0.1, -0.05) is 6.07 Å². The SMILES string of the molecule is C[C@H](Oc1cccc(C#N)c1)C(=O)N1CCC[C@H](n2ccnc2)C1. The number of imidazole rings is 1. The molecule has 1 aliphatic heterocycles. The minimum absolute atomic E-state index is 0.0258. The van der Waals surface area contributed by atoms with Gasteiger partial charge in [-0.05, 0) is 38.0 Å². The van der Waals surface area contributed by atoms with E-state index in [-0.39, 0.29) is 11.9 Å². The Morgan fingerprint density at radius 2 is 2.38 bits per heavy atom. The van der Waals surface area contributed by atoms with Gasteiger partial charge in [-0.25, -0.2) is 4.98 Å². The molecule has 0 spiro atoms. The molecule has 0 unspecified atom stereocenters. The third-order valence-electron chi connectivity index (χ3n) is 4.28. The summed E-state index contributed by atoms with van der Waals surface area (Å²) in [6.45, 7) is 3.17. The number of ether oxygens (including phenoxy) is 1. The van der Waals surface area contributed by atoms with Crippen LogP contribution in [0.25, 0.3) is 0 Å². The lowest BCUT2D eigenvalue weighted by Crippen LogP contribution is -2.46. The predicted molar refractivity (Wildman–Crippen MR) is 88.3 cm³/mol. The summed E-state index contributed by atoms with van der Waals surface area (Å²) >= 11 is 0. The van der Waals surface area contributed by atoms with Crippen molar-refractivity contribution >= 4 is 5.91 Å². The summed E-state index contributed by atoms with van der Waals surface area (Å²) in [5, 5.41) is 8.94. The predicted octanol–water partition coefficient (Wildman–Crippen LogP) is 2.39. The average molecular weight is 324 g/mol. The second-order valence-electron chi connectivity index (χ2n) is 5.99. The first-order chi connectivity index (χ1) is 11.7. The van der Waals surface area contributed by atoms with Crippen molar-refractivity contribution in [3.05, 3.63) is 48.5 Å². The van der Waals surface area contributed by atoms with Crippen molar-refractivity contribution < 1.29 is 9.53 Å². The van der Waals surface area contributed by atoms with Gasteiger partial charge < -0.3 is 14.2 Å². The number of nitriles is 1. The van der Waals surface area contributed by atoms with Crippen molar-refractivity contribution in [1.82, 2.24) is 14.5 Å². The molecule has 6 heteroatoms. The van der Waals surface area contributed by atoms with Gasteiger partial charge in [0.25, 0.3) is 5.91 Å². The highest BCUT2D eigenvalue weighted by Crippen LogP contribution is 2.22. The number of benzene rings is 1. The third kappa shape index (κ3) is 3.57. The van der Waals surface area contributed by atoms with E-state index in [2.05, 4.69) is 15.6 Å². The number of hydrogen-bond acceptors (Lipinski definition) is 4. The maximum absolute atomic E-state index is 12.7. The molecule has 1 aliphatic rings. The summed E-state index contributed by atoms with van der Waals surface area (Å²) in [5.74, 6) is 0.514. The number of nitrogens with zero attached hydrogens (tertiary/aromatic N) is 4. The van der Waals surface area contributed by atoms with E-state index in [4.69, 9.17) is 10.00 Å². The minimum Gasteiger partial charge on any atom is -0.481 e. The van der Waals surface area contributed by atoms with Crippen LogP contribution in [0.15, 0.2) is 43.0 Å². The molecule has 1 fully saturated rings. The first-order valence-electron chi connectivity index (χ1n) is 8.10. The zero-order valence-corrected chi connectivity index (χ0v) is 13.6. The van der Waals surface area contributed by atoms with Crippen LogP contribution < -0.4 is 4.74 Å². The molecular formula is C18H20N4O2. The second-order valence-corrected chi connectivity index (χ2v) is 5.99. The molecule has 24 heavy (non-hydrogen) atoms. The van der Waals surface area contributed by atoms with Crippen LogP contribution in [0.1, 0.15) is 31.4 Å². The Balaban J connectivity index is 1.63. The molecule has 0 N–H and O–H groups in total. The van der Waals surface area contributed by atoms with Crippen LogP contribution in [0.2, 0.25) is 0 Å². The minimum atomic E-state index is -0.583. The van der Waals surface area contributed by atoms with Crippen LogP contribution in [0.5, 0.6) is 5.75 Å². The van der Waals surface area contributed by atoms with Crippen LogP contribution >= 0.6 is 0 Å². The largest absolute Gasteiger partial charge is 0.481 e. The molecule has 2 heterocycles. The lowest BCUT2D eigenvalue weighted by Gasteiger charge is -2.34. The lowest BCUT2D eigenvalue weighted by molar-refractivity contribution is -0.139. The van der Waals surface area contributed by atoms with E-state index in [0.717, 1.165) is 19.4 Å². The van der Waals surface area contributed by atoms with E-state index >= 15 is 0 Å². The average Bonchev–Trinajstić information content (AvgIpc) is 3.16. The molecular weight excluding hydrogens is 304 g/mol. The zero-order chi connectivity index (χ0) is 16.9. The van der Waals surface area contributed by atoms with E-state index in [1.165, 1.54) is 0 Å². The monoisotopic (exact) mass is 324 g/mol. The van der Waals surface area contributed by atoms with E-state index in [1.54, 1.807) is 43.7 Å². The Labute approximate surface area is 141 Å². The van der Waals surface area contributed by atoms with Crippen molar-refractivity contribution in [3.63, 3.8) is 0 Å². The number of piperidine rings is 1. The Hall–Kier alpha value is -2.81. The Morgan fingerprint density at radius 3 is 3.12 bits per heavy atom. The van der Waals surface area contributed by atoms with E-state index in [9.17, 15) is 4.79 Å². The fraction of sp³-hybridized carbons (Fsp3) is 0.389. The molecule has 2 aromatic rings. The van der Waals surface area contributed by atoms with Gasteiger partial charge in [-0.3, -0.25) is 4.79 Å². The molecule has 0 radical (unpaired) electrons. The van der Waals surface area contributed by atoms with E-state index in [0.29, 0.717) is 17.9 Å². The Bertz CT molecular complexity index is 736. The fourth-order valence-electron chi connectivity index (χ4n) is 3.03. The van der Waals surface area contributed by atoms with E-state index < -0.39 is 6.10 Å². The number of rotatable bonds is 4. The molecule has 0 saturated carbocycles. The smallest absolute Gasteiger partial charge is 0.263 e. The molecule has 1 amide bonds. The lowest BCUT2D eigenvalue weighted by atomic mass is 10.0. The number of hydrogen-bond donors (Lipinski definition) is 0. The van der Waals surface area contributed by atoms with Crippen molar-refractivity contribution in [2.45, 2.75) is 31.9 Å². The number of carbonyl (C=O) groups excluding carboxylic acids is 1. The summed E-state index contributed by atoms with van der Waals surface area (Å²) in [4.78, 5) is 18.6. The molecule has 0 aliphatic carbocycles. The second kappa shape index (κ2) is 7.18. The topological polar surface area (TPSA) is 71.2 Å². The van der Waals surface area contributed by atoms with Crippen LogP contribution in [0.3, 0.4) is 0 Å². The molecule has 124 valence electrons. The maximum Gasteiger partial charge on any atom is 0.263 e. The summed E-state index contributed by atoms with van der Waals surface area (Å²) in [5.41, 5.74) is 0.519. The number of carbonyl (C=O) groups is 1. The normalized spacial score (nSPS) is 18.7. The van der Waals surface area contributed by atoms with Gasteiger partial charge in [-0.2, -0.15) is 5.26 Å². The standard InChI is InChI=1S/C18H20N4O2/c1-14(24-17-6-2-4-15(10-17)11-19)18(23)21-8-3-5-16(12-21)22-9-7-20-13-22/h2,4,6-7,9-10,13-14,16H,3,5,8,12H2,1H3/t14-,16-/m0/s1. The van der Waals surface area contributed by atoms with Gasteiger partial charge in [0.15, 0.2) is 6.10 Å². The highest BCUT2D eigenvalue weighted by Gasteiger charge is 2.28. The number of amides is 1. The van der Waals surface area contributed by atoms with Crippen LogP contribution in [-0.4, -0.2) is 39.6 Å². The maximum atomic E-state index is 12.7. The van der Waals surface area contributed by atoms with Gasteiger partial charge in [0.2, 0.25) is 0 Å². The molecule has 6 nitrogen and oxygen atoms in total. The van der Waals surface area contributed by atoms with Crippen molar-refractivity contribution in [3.8, 4) is 11.8 Å². The Morgan fingerprint density at radius 1 is 1.50 bits per heavy atom. The molecule has 0 bridgehead atoms. The highest BCUT2D eigenvalue weighted by molar-refractivity contribution is 5.81. The van der Waals surface area contributed by atoms with Gasteiger partial charge >= 0.3 is 0 Å². The molecule has 1 saturated heterocycles. The molecule has 1 aromatic carbocycles. The molecule has 2 atom stereocenters. The van der Waals surface area contributed by atoms with Gasteiger partial charge in [0, 0.05) is 25.5 Å². The number of aromatic nitrogens is 2. The van der Waals surface area contributed by atoms with E-state index in [1.807, 2.05) is 11.1 Å². The Kier molecular flexibility index (Phi) is 4.80. The van der Waals surface area contributed by atoms with Crippen molar-refractivity contribution in [1.29, 1.82) is 5.26 Å². The third-order valence-corrected chi connectivity index (χ3v) is 4.28. The van der Waals surface area contributed by atoms with Gasteiger partial charge in [0.05, 0.1) is 24.0 Å². The van der Waals surface area contributed by atoms with Crippen LogP contribution in [0, 0.1) is 11.3 Å². The van der Waals surface area contributed by atoms with Crippen LogP contribution in [-0.2, 0) is 4.79 Å². The molecule has 3 rings (SSSR count). The van der Waals surface area contributed by atoms with Gasteiger partial charge in [0.1, 0.15) is 5.75 Å². The summed E-state index contributed by atoms with van der Waals surface area (Å²) < 4.78 is 7.79. The first kappa shape index (κ1) is 16.1. The number of likely N-dealkylation sites (tertiary alicyclic amines) is 1.